The first kappa shape index (κ1) is 23.3. The van der Waals surface area contributed by atoms with Crippen LogP contribution in [-0.4, -0.2) is 85.8 Å². The SMILES string of the molecule is CC(C)[C@@H]1CC[C@@]2(C)[C@H](O)CC[C@](C)(O)[C@H]2[C@H]1O[C@H]1O[C@@H](CO)[C@H](O)[C@@H](O)[C@@H]1O. The van der Waals surface area contributed by atoms with Gasteiger partial charge >= 0.3 is 0 Å². The Bertz CT molecular complexity index is 567. The Morgan fingerprint density at radius 3 is 2.24 bits per heavy atom. The highest BCUT2D eigenvalue weighted by molar-refractivity contribution is 5.09. The zero-order valence-electron chi connectivity index (χ0n) is 17.8. The minimum Gasteiger partial charge on any atom is -0.394 e. The van der Waals surface area contributed by atoms with Gasteiger partial charge in [0.1, 0.15) is 24.4 Å². The molecule has 8 nitrogen and oxygen atoms in total. The van der Waals surface area contributed by atoms with Crippen molar-refractivity contribution in [2.75, 3.05) is 6.61 Å². The van der Waals surface area contributed by atoms with Gasteiger partial charge in [-0.05, 0) is 44.4 Å². The lowest BCUT2D eigenvalue weighted by Gasteiger charge is -2.60. The lowest BCUT2D eigenvalue weighted by Crippen LogP contribution is -2.66. The second-order valence-corrected chi connectivity index (χ2v) is 10.1. The molecule has 0 amide bonds. The van der Waals surface area contributed by atoms with Crippen LogP contribution in [0.3, 0.4) is 0 Å². The molecular formula is C21H38O8. The van der Waals surface area contributed by atoms with Crippen molar-refractivity contribution in [2.45, 2.75) is 102 Å². The molecule has 6 N–H and O–H groups in total. The first-order valence-electron chi connectivity index (χ1n) is 10.8. The fourth-order valence-corrected chi connectivity index (χ4v) is 6.00. The molecule has 1 heterocycles. The van der Waals surface area contributed by atoms with E-state index in [9.17, 15) is 30.6 Å². The topological polar surface area (TPSA) is 140 Å². The van der Waals surface area contributed by atoms with Crippen LogP contribution in [0.25, 0.3) is 0 Å². The fraction of sp³-hybridized carbons (Fsp3) is 1.00. The molecule has 1 aliphatic heterocycles. The zero-order chi connectivity index (χ0) is 21.7. The van der Waals surface area contributed by atoms with Gasteiger partial charge in [-0.15, -0.1) is 0 Å². The van der Waals surface area contributed by atoms with Crippen LogP contribution >= 0.6 is 0 Å². The van der Waals surface area contributed by atoms with Crippen molar-refractivity contribution < 1.29 is 40.1 Å². The Labute approximate surface area is 172 Å². The molecule has 170 valence electrons. The molecule has 11 atom stereocenters. The first-order valence-corrected chi connectivity index (χ1v) is 10.8. The maximum absolute atomic E-state index is 11.3. The monoisotopic (exact) mass is 418 g/mol. The fourth-order valence-electron chi connectivity index (χ4n) is 6.00. The third-order valence-corrected chi connectivity index (χ3v) is 7.83. The largest absolute Gasteiger partial charge is 0.394 e. The van der Waals surface area contributed by atoms with E-state index in [0.717, 1.165) is 12.8 Å². The molecule has 0 radical (unpaired) electrons. The minimum atomic E-state index is -1.52. The van der Waals surface area contributed by atoms with E-state index in [1.165, 1.54) is 0 Å². The van der Waals surface area contributed by atoms with Gasteiger partial charge in [-0.1, -0.05) is 20.8 Å². The molecule has 0 spiro atoms. The zero-order valence-corrected chi connectivity index (χ0v) is 17.8. The molecule has 3 aliphatic rings. The van der Waals surface area contributed by atoms with Gasteiger partial charge in [-0.3, -0.25) is 0 Å². The van der Waals surface area contributed by atoms with Crippen LogP contribution in [0.1, 0.15) is 53.4 Å². The second kappa shape index (κ2) is 8.31. The maximum Gasteiger partial charge on any atom is 0.186 e. The Kier molecular flexibility index (Phi) is 6.69. The van der Waals surface area contributed by atoms with Crippen LogP contribution in [-0.2, 0) is 9.47 Å². The molecule has 8 heteroatoms. The third-order valence-electron chi connectivity index (χ3n) is 7.83. The van der Waals surface area contributed by atoms with E-state index in [-0.39, 0.29) is 11.8 Å². The predicted octanol–water partition coefficient (Wildman–Crippen LogP) is -0.234. The van der Waals surface area contributed by atoms with E-state index < -0.39 is 66.5 Å². The maximum atomic E-state index is 11.3. The molecule has 0 aromatic rings. The van der Waals surface area contributed by atoms with Crippen molar-refractivity contribution in [1.29, 1.82) is 0 Å². The van der Waals surface area contributed by atoms with Gasteiger partial charge in [0, 0.05) is 11.3 Å². The summed E-state index contributed by atoms with van der Waals surface area (Å²) in [5.74, 6) is -0.117. The molecule has 0 bridgehead atoms. The van der Waals surface area contributed by atoms with Crippen LogP contribution in [0.2, 0.25) is 0 Å². The molecule has 2 aliphatic carbocycles. The number of fused-ring (bicyclic) bond motifs is 1. The number of hydrogen-bond acceptors (Lipinski definition) is 8. The number of ether oxygens (including phenoxy) is 2. The molecule has 1 saturated heterocycles. The van der Waals surface area contributed by atoms with E-state index in [1.54, 1.807) is 6.92 Å². The van der Waals surface area contributed by atoms with Crippen molar-refractivity contribution in [2.24, 2.45) is 23.2 Å². The summed E-state index contributed by atoms with van der Waals surface area (Å²) in [7, 11) is 0. The molecule has 2 saturated carbocycles. The van der Waals surface area contributed by atoms with Crippen molar-refractivity contribution in [3.63, 3.8) is 0 Å². The predicted molar refractivity (Wildman–Crippen MR) is 104 cm³/mol. The summed E-state index contributed by atoms with van der Waals surface area (Å²) >= 11 is 0. The Morgan fingerprint density at radius 2 is 1.66 bits per heavy atom. The lowest BCUT2D eigenvalue weighted by atomic mass is 9.50. The van der Waals surface area contributed by atoms with Crippen molar-refractivity contribution in [3.05, 3.63) is 0 Å². The number of rotatable bonds is 4. The second-order valence-electron chi connectivity index (χ2n) is 10.1. The van der Waals surface area contributed by atoms with Crippen LogP contribution < -0.4 is 0 Å². The third kappa shape index (κ3) is 3.99. The highest BCUT2D eigenvalue weighted by Gasteiger charge is 2.61. The Morgan fingerprint density at radius 1 is 1.00 bits per heavy atom. The van der Waals surface area contributed by atoms with Gasteiger partial charge in [0.05, 0.1) is 24.4 Å². The molecule has 29 heavy (non-hydrogen) atoms. The Balaban J connectivity index is 1.94. The summed E-state index contributed by atoms with van der Waals surface area (Å²) in [6.45, 7) is 7.38. The molecule has 0 aromatic carbocycles. The van der Waals surface area contributed by atoms with Crippen molar-refractivity contribution in [1.82, 2.24) is 0 Å². The summed E-state index contributed by atoms with van der Waals surface area (Å²) < 4.78 is 11.9. The summed E-state index contributed by atoms with van der Waals surface area (Å²) in [6.07, 6.45) is -5.37. The lowest BCUT2D eigenvalue weighted by molar-refractivity contribution is -0.338. The van der Waals surface area contributed by atoms with Gasteiger partial charge in [0.15, 0.2) is 6.29 Å². The van der Waals surface area contributed by atoms with Crippen LogP contribution in [0.4, 0.5) is 0 Å². The normalized spacial score (nSPS) is 53.7. The first-order chi connectivity index (χ1) is 13.4. The quantitative estimate of drug-likeness (QED) is 0.368. The number of hydrogen-bond donors (Lipinski definition) is 6. The van der Waals surface area contributed by atoms with Crippen LogP contribution in [0.5, 0.6) is 0 Å². The van der Waals surface area contributed by atoms with Gasteiger partial charge in [0.2, 0.25) is 0 Å². The number of aliphatic hydroxyl groups is 6. The minimum absolute atomic E-state index is 0.0530. The standard InChI is InChI=1S/C21H38O8/c1-10(2)11-5-7-20(3)13(23)6-8-21(4,27)18(20)17(11)29-19-16(26)15(25)14(24)12(9-22)28-19/h10-19,22-27H,5-9H2,1-4H3/t11-,12-,13+,14-,15+,16-,17-,18-,19+,20-,21-/m0/s1. The average Bonchev–Trinajstić information content (AvgIpc) is 2.65. The van der Waals surface area contributed by atoms with E-state index in [2.05, 4.69) is 13.8 Å². The highest BCUT2D eigenvalue weighted by atomic mass is 16.7. The van der Waals surface area contributed by atoms with E-state index in [1.807, 2.05) is 6.92 Å². The van der Waals surface area contributed by atoms with E-state index >= 15 is 0 Å². The number of aliphatic hydroxyl groups excluding tert-OH is 5. The van der Waals surface area contributed by atoms with Crippen molar-refractivity contribution in [3.8, 4) is 0 Å². The molecule has 0 aromatic heterocycles. The average molecular weight is 419 g/mol. The van der Waals surface area contributed by atoms with Gasteiger partial charge in [-0.25, -0.2) is 0 Å². The van der Waals surface area contributed by atoms with Crippen LogP contribution in [0, 0.1) is 23.2 Å². The van der Waals surface area contributed by atoms with Crippen molar-refractivity contribution >= 4 is 0 Å². The van der Waals surface area contributed by atoms with E-state index in [4.69, 9.17) is 9.47 Å². The Hall–Kier alpha value is -0.320. The summed E-state index contributed by atoms with van der Waals surface area (Å²) in [5.41, 5.74) is -1.62. The molecule has 3 fully saturated rings. The van der Waals surface area contributed by atoms with Crippen LogP contribution in [0.15, 0.2) is 0 Å². The smallest absolute Gasteiger partial charge is 0.186 e. The highest BCUT2D eigenvalue weighted by Crippen LogP contribution is 2.57. The van der Waals surface area contributed by atoms with Gasteiger partial charge in [0.25, 0.3) is 0 Å². The van der Waals surface area contributed by atoms with Gasteiger partial charge < -0.3 is 40.1 Å². The van der Waals surface area contributed by atoms with Gasteiger partial charge in [-0.2, -0.15) is 0 Å². The molecule has 0 unspecified atom stereocenters. The summed E-state index contributed by atoms with van der Waals surface area (Å²) in [5, 5.41) is 62.2. The summed E-state index contributed by atoms with van der Waals surface area (Å²) in [6, 6.07) is 0. The summed E-state index contributed by atoms with van der Waals surface area (Å²) in [4.78, 5) is 0. The molecule has 3 rings (SSSR count). The molecular weight excluding hydrogens is 380 g/mol. The van der Waals surface area contributed by atoms with E-state index in [0.29, 0.717) is 12.8 Å².